The summed E-state index contributed by atoms with van der Waals surface area (Å²) >= 11 is 0. The number of para-hydroxylation sites is 2. The molecule has 0 spiro atoms. The Morgan fingerprint density at radius 2 is 0.850 bits per heavy atom. The SMILES string of the molecule is O=C(O)C(=O)O.Oc1ccccc1.Oc1ccccc1. The molecule has 6 nitrogen and oxygen atoms in total. The molecule has 0 heterocycles. The molecule has 0 aromatic heterocycles. The maximum Gasteiger partial charge on any atom is 0.414 e. The quantitative estimate of drug-likeness (QED) is 0.547. The van der Waals surface area contributed by atoms with Crippen molar-refractivity contribution in [2.24, 2.45) is 0 Å². The Morgan fingerprint density at radius 1 is 0.600 bits per heavy atom. The summed E-state index contributed by atoms with van der Waals surface area (Å²) in [5.74, 6) is -3.00. The molecule has 2 rings (SSSR count). The van der Waals surface area contributed by atoms with Gasteiger partial charge in [-0.15, -0.1) is 0 Å². The lowest BCUT2D eigenvalue weighted by Crippen LogP contribution is -2.09. The Balaban J connectivity index is 0.000000272. The second kappa shape index (κ2) is 9.95. The van der Waals surface area contributed by atoms with Crippen LogP contribution in [0.3, 0.4) is 0 Å². The van der Waals surface area contributed by atoms with Crippen molar-refractivity contribution < 1.29 is 30.0 Å². The Hall–Kier alpha value is -3.02. The van der Waals surface area contributed by atoms with Gasteiger partial charge in [0, 0.05) is 0 Å². The molecule has 2 aromatic carbocycles. The highest BCUT2D eigenvalue weighted by Crippen LogP contribution is 2.03. The van der Waals surface area contributed by atoms with Gasteiger partial charge in [-0.3, -0.25) is 0 Å². The van der Waals surface area contributed by atoms with Crippen LogP contribution < -0.4 is 0 Å². The first kappa shape index (κ1) is 17.0. The second-order valence-corrected chi connectivity index (χ2v) is 3.28. The lowest BCUT2D eigenvalue weighted by Gasteiger charge is -1.82. The zero-order valence-corrected chi connectivity index (χ0v) is 10.4. The highest BCUT2D eigenvalue weighted by atomic mass is 16.4. The maximum atomic E-state index is 9.10. The van der Waals surface area contributed by atoms with Crippen LogP contribution in [0.1, 0.15) is 0 Å². The zero-order chi connectivity index (χ0) is 15.4. The molecule has 0 bridgehead atoms. The molecule has 0 radical (unpaired) electrons. The van der Waals surface area contributed by atoms with Gasteiger partial charge in [0.1, 0.15) is 11.5 Å². The molecular weight excluding hydrogens is 264 g/mol. The predicted molar refractivity (Wildman–Crippen MR) is 71.5 cm³/mol. The third-order valence-corrected chi connectivity index (χ3v) is 1.70. The van der Waals surface area contributed by atoms with E-state index in [-0.39, 0.29) is 0 Å². The van der Waals surface area contributed by atoms with Crippen molar-refractivity contribution in [2.75, 3.05) is 0 Å². The van der Waals surface area contributed by atoms with Crippen molar-refractivity contribution in [1.82, 2.24) is 0 Å². The number of rotatable bonds is 0. The van der Waals surface area contributed by atoms with Crippen LogP contribution in [-0.2, 0) is 9.59 Å². The normalized spacial score (nSPS) is 8.20. The minimum absolute atomic E-state index is 0.322. The van der Waals surface area contributed by atoms with Gasteiger partial charge in [-0.25, -0.2) is 9.59 Å². The number of benzene rings is 2. The molecular formula is C14H14O6. The van der Waals surface area contributed by atoms with Gasteiger partial charge < -0.3 is 20.4 Å². The largest absolute Gasteiger partial charge is 0.508 e. The lowest BCUT2D eigenvalue weighted by molar-refractivity contribution is -0.159. The Labute approximate surface area is 115 Å². The van der Waals surface area contributed by atoms with E-state index in [9.17, 15) is 0 Å². The first-order valence-electron chi connectivity index (χ1n) is 5.37. The van der Waals surface area contributed by atoms with E-state index in [1.807, 2.05) is 12.1 Å². The fraction of sp³-hybridized carbons (Fsp3) is 0. The van der Waals surface area contributed by atoms with Gasteiger partial charge in [0.05, 0.1) is 0 Å². The molecule has 0 fully saturated rings. The van der Waals surface area contributed by atoms with Gasteiger partial charge in [-0.1, -0.05) is 36.4 Å². The maximum absolute atomic E-state index is 9.10. The summed E-state index contributed by atoms with van der Waals surface area (Å²) in [6, 6.07) is 17.4. The van der Waals surface area contributed by atoms with Gasteiger partial charge in [0.2, 0.25) is 0 Å². The van der Waals surface area contributed by atoms with Gasteiger partial charge >= 0.3 is 11.9 Å². The molecule has 0 aliphatic rings. The average molecular weight is 278 g/mol. The molecule has 20 heavy (non-hydrogen) atoms. The van der Waals surface area contributed by atoms with Gasteiger partial charge in [0.15, 0.2) is 0 Å². The zero-order valence-electron chi connectivity index (χ0n) is 10.4. The van der Waals surface area contributed by atoms with Crippen LogP contribution >= 0.6 is 0 Å². The molecule has 0 saturated carbocycles. The van der Waals surface area contributed by atoms with Crippen molar-refractivity contribution in [3.8, 4) is 11.5 Å². The van der Waals surface area contributed by atoms with Crippen molar-refractivity contribution >= 4 is 11.9 Å². The van der Waals surface area contributed by atoms with E-state index in [1.165, 1.54) is 0 Å². The first-order chi connectivity index (χ1) is 9.43. The van der Waals surface area contributed by atoms with Crippen LogP contribution in [0.25, 0.3) is 0 Å². The highest BCUT2D eigenvalue weighted by molar-refractivity contribution is 6.27. The smallest absolute Gasteiger partial charge is 0.414 e. The van der Waals surface area contributed by atoms with Crippen molar-refractivity contribution in [3.05, 3.63) is 60.7 Å². The van der Waals surface area contributed by atoms with E-state index in [0.29, 0.717) is 11.5 Å². The van der Waals surface area contributed by atoms with Crippen molar-refractivity contribution in [2.45, 2.75) is 0 Å². The van der Waals surface area contributed by atoms with Crippen LogP contribution in [-0.4, -0.2) is 32.4 Å². The molecule has 4 N–H and O–H groups in total. The van der Waals surface area contributed by atoms with E-state index in [2.05, 4.69) is 0 Å². The van der Waals surface area contributed by atoms with E-state index in [0.717, 1.165) is 0 Å². The fourth-order valence-corrected chi connectivity index (χ4v) is 0.856. The van der Waals surface area contributed by atoms with Crippen LogP contribution in [0.5, 0.6) is 11.5 Å². The highest BCUT2D eigenvalue weighted by Gasteiger charge is 2.04. The number of phenolic OH excluding ortho intramolecular Hbond substituents is 2. The van der Waals surface area contributed by atoms with E-state index < -0.39 is 11.9 Å². The standard InChI is InChI=1S/2C6H6O.C2H2O4/c2*7-6-4-2-1-3-5-6;3-1(4)2(5)6/h2*1-5,7H;(H,3,4)(H,5,6). The molecule has 0 unspecified atom stereocenters. The summed E-state index contributed by atoms with van der Waals surface area (Å²) in [4.78, 5) is 18.2. The summed E-state index contributed by atoms with van der Waals surface area (Å²) in [6.45, 7) is 0. The van der Waals surface area contributed by atoms with E-state index >= 15 is 0 Å². The molecule has 0 atom stereocenters. The van der Waals surface area contributed by atoms with Crippen LogP contribution in [0, 0.1) is 0 Å². The monoisotopic (exact) mass is 278 g/mol. The lowest BCUT2D eigenvalue weighted by atomic mass is 10.3. The van der Waals surface area contributed by atoms with Crippen molar-refractivity contribution in [3.63, 3.8) is 0 Å². The number of carboxylic acids is 2. The number of aliphatic carboxylic acids is 2. The topological polar surface area (TPSA) is 115 Å². The Bertz CT molecular complexity index is 460. The van der Waals surface area contributed by atoms with Crippen LogP contribution in [0.15, 0.2) is 60.7 Å². The average Bonchev–Trinajstić information content (AvgIpc) is 2.42. The minimum Gasteiger partial charge on any atom is -0.508 e. The van der Waals surface area contributed by atoms with Crippen LogP contribution in [0.2, 0.25) is 0 Å². The number of aromatic hydroxyl groups is 2. The number of carbonyl (C=O) groups is 2. The number of carboxylic acid groups (broad SMARTS) is 2. The van der Waals surface area contributed by atoms with E-state index in [4.69, 9.17) is 30.0 Å². The molecule has 106 valence electrons. The first-order valence-corrected chi connectivity index (χ1v) is 5.37. The molecule has 2 aromatic rings. The molecule has 0 amide bonds. The summed E-state index contributed by atoms with van der Waals surface area (Å²) in [7, 11) is 0. The Kier molecular flexibility index (Phi) is 8.45. The third kappa shape index (κ3) is 10.2. The fourth-order valence-electron chi connectivity index (χ4n) is 0.856. The molecule has 0 saturated heterocycles. The summed E-state index contributed by atoms with van der Waals surface area (Å²) in [5, 5.41) is 32.0. The van der Waals surface area contributed by atoms with Gasteiger partial charge in [-0.05, 0) is 24.3 Å². The number of hydrogen-bond donors (Lipinski definition) is 4. The Morgan fingerprint density at radius 3 is 0.950 bits per heavy atom. The summed E-state index contributed by atoms with van der Waals surface area (Å²) in [6.07, 6.45) is 0. The molecule has 0 aliphatic heterocycles. The molecule has 6 heteroatoms. The van der Waals surface area contributed by atoms with Crippen LogP contribution in [0.4, 0.5) is 0 Å². The second-order valence-electron chi connectivity index (χ2n) is 3.28. The number of hydrogen-bond acceptors (Lipinski definition) is 4. The van der Waals surface area contributed by atoms with Gasteiger partial charge in [0.25, 0.3) is 0 Å². The third-order valence-electron chi connectivity index (χ3n) is 1.70. The van der Waals surface area contributed by atoms with Gasteiger partial charge in [-0.2, -0.15) is 0 Å². The number of phenols is 2. The van der Waals surface area contributed by atoms with E-state index in [1.54, 1.807) is 48.5 Å². The van der Waals surface area contributed by atoms with Crippen molar-refractivity contribution in [1.29, 1.82) is 0 Å². The minimum atomic E-state index is -1.82. The summed E-state index contributed by atoms with van der Waals surface area (Å²) < 4.78 is 0. The molecule has 0 aliphatic carbocycles. The predicted octanol–water partition coefficient (Wildman–Crippen LogP) is 1.94. The summed E-state index contributed by atoms with van der Waals surface area (Å²) in [5.41, 5.74) is 0.